The second kappa shape index (κ2) is 7.30. The van der Waals surface area contributed by atoms with Gasteiger partial charge in [0.15, 0.2) is 11.5 Å². The van der Waals surface area contributed by atoms with Crippen molar-refractivity contribution in [3.8, 4) is 0 Å². The Morgan fingerprint density at radius 1 is 1.04 bits per heavy atom. The molecule has 4 aliphatic rings. The van der Waals surface area contributed by atoms with Crippen LogP contribution in [0.3, 0.4) is 0 Å². The number of benzene rings is 1. The third-order valence-corrected chi connectivity index (χ3v) is 7.00. The summed E-state index contributed by atoms with van der Waals surface area (Å²) >= 11 is 3.47. The summed E-state index contributed by atoms with van der Waals surface area (Å²) in [6, 6.07) is 7.51. The van der Waals surface area contributed by atoms with Gasteiger partial charge in [0.25, 0.3) is 5.91 Å². The normalized spacial score (nSPS) is 32.4. The Bertz CT molecular complexity index is 827. The SMILES string of the molecule is O=C1C2=C(OC3CCCCC13)C(=O)N(CC1CCCO1)C2c1ccc(Br)cc1. The smallest absolute Gasteiger partial charge is 0.290 e. The van der Waals surface area contributed by atoms with Crippen LogP contribution < -0.4 is 0 Å². The summed E-state index contributed by atoms with van der Waals surface area (Å²) in [4.78, 5) is 28.6. The standard InChI is InChI=1S/C22H24BrNO4/c23-14-9-7-13(8-10-14)19-18-20(25)16-5-1-2-6-17(16)28-21(18)22(26)24(19)12-15-4-3-11-27-15/h7-10,15-17,19H,1-6,11-12H2. The molecule has 1 aliphatic carbocycles. The average Bonchev–Trinajstić information content (AvgIpc) is 3.31. The second-order valence-electron chi connectivity index (χ2n) is 8.20. The molecule has 6 heteroatoms. The van der Waals surface area contributed by atoms with E-state index in [0.717, 1.165) is 55.2 Å². The van der Waals surface area contributed by atoms with E-state index in [-0.39, 0.29) is 35.9 Å². The van der Waals surface area contributed by atoms with Crippen LogP contribution in [-0.4, -0.2) is 41.9 Å². The number of hydrogen-bond acceptors (Lipinski definition) is 4. The minimum absolute atomic E-state index is 0.0284. The van der Waals surface area contributed by atoms with Crippen LogP contribution in [0, 0.1) is 5.92 Å². The van der Waals surface area contributed by atoms with Crippen molar-refractivity contribution in [1.29, 1.82) is 0 Å². The maximum Gasteiger partial charge on any atom is 0.290 e. The lowest BCUT2D eigenvalue weighted by molar-refractivity contribution is -0.136. The quantitative estimate of drug-likeness (QED) is 0.707. The van der Waals surface area contributed by atoms with Gasteiger partial charge in [0.05, 0.1) is 23.6 Å². The van der Waals surface area contributed by atoms with E-state index in [1.165, 1.54) is 0 Å². The van der Waals surface area contributed by atoms with Gasteiger partial charge in [-0.1, -0.05) is 34.5 Å². The number of carbonyl (C=O) groups excluding carboxylic acids is 2. The number of ketones is 1. The molecule has 5 rings (SSSR count). The lowest BCUT2D eigenvalue weighted by Gasteiger charge is -2.35. The van der Waals surface area contributed by atoms with Crippen LogP contribution >= 0.6 is 15.9 Å². The highest BCUT2D eigenvalue weighted by Crippen LogP contribution is 2.47. The topological polar surface area (TPSA) is 55.8 Å². The molecule has 1 saturated carbocycles. The van der Waals surface area contributed by atoms with E-state index in [1.54, 1.807) is 4.90 Å². The van der Waals surface area contributed by atoms with E-state index >= 15 is 0 Å². The minimum atomic E-state index is -0.379. The molecule has 2 fully saturated rings. The van der Waals surface area contributed by atoms with Gasteiger partial charge >= 0.3 is 0 Å². The fourth-order valence-electron chi connectivity index (χ4n) is 5.08. The Hall–Kier alpha value is -1.66. The van der Waals surface area contributed by atoms with Crippen molar-refractivity contribution >= 4 is 27.6 Å². The number of rotatable bonds is 3. The van der Waals surface area contributed by atoms with Gasteiger partial charge in [-0.25, -0.2) is 0 Å². The molecule has 1 aromatic rings. The zero-order valence-corrected chi connectivity index (χ0v) is 17.3. The van der Waals surface area contributed by atoms with Crippen molar-refractivity contribution in [2.45, 2.75) is 56.8 Å². The van der Waals surface area contributed by atoms with Crippen LogP contribution in [0.15, 0.2) is 40.1 Å². The molecule has 0 bridgehead atoms. The third kappa shape index (κ3) is 3.01. The van der Waals surface area contributed by atoms with E-state index in [4.69, 9.17) is 9.47 Å². The fourth-order valence-corrected chi connectivity index (χ4v) is 5.34. The highest BCUT2D eigenvalue weighted by molar-refractivity contribution is 9.10. The number of nitrogens with zero attached hydrogens (tertiary/aromatic N) is 1. The zero-order valence-electron chi connectivity index (χ0n) is 15.7. The summed E-state index contributed by atoms with van der Waals surface area (Å²) < 4.78 is 13.0. The van der Waals surface area contributed by atoms with Gasteiger partial charge in [0, 0.05) is 17.6 Å². The average molecular weight is 446 g/mol. The Morgan fingerprint density at radius 3 is 2.57 bits per heavy atom. The van der Waals surface area contributed by atoms with Crippen molar-refractivity contribution in [2.75, 3.05) is 13.2 Å². The number of carbonyl (C=O) groups is 2. The summed E-state index contributed by atoms with van der Waals surface area (Å²) in [5, 5.41) is 0. The number of halogens is 1. The third-order valence-electron chi connectivity index (χ3n) is 6.47. The molecule has 28 heavy (non-hydrogen) atoms. The minimum Gasteiger partial charge on any atom is -0.483 e. The molecule has 0 radical (unpaired) electrons. The molecule has 1 aromatic carbocycles. The molecule has 4 atom stereocenters. The molecular formula is C22H24BrNO4. The number of ether oxygens (including phenoxy) is 2. The van der Waals surface area contributed by atoms with Crippen molar-refractivity contribution in [3.05, 3.63) is 45.6 Å². The lowest BCUT2D eigenvalue weighted by Crippen LogP contribution is -2.39. The summed E-state index contributed by atoms with van der Waals surface area (Å²) in [6.07, 6.45) is 5.67. The summed E-state index contributed by atoms with van der Waals surface area (Å²) in [7, 11) is 0. The molecule has 5 nitrogen and oxygen atoms in total. The first kappa shape index (κ1) is 18.4. The first-order valence-corrected chi connectivity index (χ1v) is 11.1. The molecule has 1 saturated heterocycles. The Balaban J connectivity index is 1.55. The monoisotopic (exact) mass is 445 g/mol. The number of fused-ring (bicyclic) bond motifs is 1. The van der Waals surface area contributed by atoms with E-state index in [0.29, 0.717) is 17.9 Å². The molecule has 0 N–H and O–H groups in total. The van der Waals surface area contributed by atoms with Crippen LogP contribution in [0.1, 0.15) is 50.1 Å². The lowest BCUT2D eigenvalue weighted by atomic mass is 9.77. The first-order valence-electron chi connectivity index (χ1n) is 10.3. The van der Waals surface area contributed by atoms with Gasteiger partial charge in [-0.3, -0.25) is 9.59 Å². The first-order chi connectivity index (χ1) is 13.6. The van der Waals surface area contributed by atoms with E-state index in [9.17, 15) is 9.59 Å². The van der Waals surface area contributed by atoms with E-state index in [1.807, 2.05) is 24.3 Å². The highest BCUT2D eigenvalue weighted by atomic mass is 79.9. The Morgan fingerprint density at radius 2 is 1.82 bits per heavy atom. The Kier molecular flexibility index (Phi) is 4.79. The largest absolute Gasteiger partial charge is 0.483 e. The predicted octanol–water partition coefficient (Wildman–Crippen LogP) is 3.92. The second-order valence-corrected chi connectivity index (χ2v) is 9.12. The predicted molar refractivity (Wildman–Crippen MR) is 106 cm³/mol. The zero-order chi connectivity index (χ0) is 19.3. The number of amides is 1. The van der Waals surface area contributed by atoms with E-state index in [2.05, 4.69) is 15.9 Å². The van der Waals surface area contributed by atoms with Crippen LogP contribution in [0.4, 0.5) is 0 Å². The van der Waals surface area contributed by atoms with Crippen LogP contribution in [0.25, 0.3) is 0 Å². The van der Waals surface area contributed by atoms with Crippen molar-refractivity contribution < 1.29 is 19.1 Å². The van der Waals surface area contributed by atoms with Gasteiger partial charge in [-0.15, -0.1) is 0 Å². The Labute approximate surface area is 173 Å². The summed E-state index contributed by atoms with van der Waals surface area (Å²) in [5.41, 5.74) is 1.51. The van der Waals surface area contributed by atoms with E-state index < -0.39 is 0 Å². The maximum atomic E-state index is 13.5. The fraction of sp³-hybridized carbons (Fsp3) is 0.545. The summed E-state index contributed by atoms with van der Waals surface area (Å²) in [5.74, 6) is 0.137. The number of hydrogen-bond donors (Lipinski definition) is 0. The summed E-state index contributed by atoms with van der Waals surface area (Å²) in [6.45, 7) is 1.24. The molecule has 3 aliphatic heterocycles. The molecule has 148 valence electrons. The molecule has 0 spiro atoms. The number of Topliss-reactive ketones (excluding diaryl/α,β-unsaturated/α-hetero) is 1. The highest BCUT2D eigenvalue weighted by Gasteiger charge is 2.52. The van der Waals surface area contributed by atoms with Gasteiger partial charge in [-0.05, 0) is 49.8 Å². The van der Waals surface area contributed by atoms with Crippen LogP contribution in [0.5, 0.6) is 0 Å². The van der Waals surface area contributed by atoms with Crippen LogP contribution in [-0.2, 0) is 19.1 Å². The molecule has 0 aromatic heterocycles. The van der Waals surface area contributed by atoms with Crippen molar-refractivity contribution in [2.24, 2.45) is 5.92 Å². The molecular weight excluding hydrogens is 422 g/mol. The van der Waals surface area contributed by atoms with Gasteiger partial charge in [-0.2, -0.15) is 0 Å². The van der Waals surface area contributed by atoms with Crippen molar-refractivity contribution in [1.82, 2.24) is 4.90 Å². The van der Waals surface area contributed by atoms with Gasteiger partial charge < -0.3 is 14.4 Å². The van der Waals surface area contributed by atoms with Gasteiger partial charge in [0.1, 0.15) is 6.10 Å². The molecule has 4 unspecified atom stereocenters. The molecule has 3 heterocycles. The maximum absolute atomic E-state index is 13.5. The van der Waals surface area contributed by atoms with Crippen LogP contribution in [0.2, 0.25) is 0 Å². The molecule has 1 amide bonds. The van der Waals surface area contributed by atoms with Gasteiger partial charge in [0.2, 0.25) is 0 Å². The van der Waals surface area contributed by atoms with Crippen molar-refractivity contribution in [3.63, 3.8) is 0 Å².